The Hall–Kier alpha value is -2.70. The standard InChI is InChI=1S/C18H19F3N2O2/c1-13-5-2-3-6-16(13)25-12-4-11-22-17(24)23-15-9-7-14(8-10-15)18(19,20)21/h2-3,5-10H,4,11-12H2,1H3,(H2,22,23,24). The number of carbonyl (C=O) groups excluding carboxylic acids is 1. The van der Waals surface area contributed by atoms with Gasteiger partial charge in [0, 0.05) is 12.2 Å². The molecule has 4 nitrogen and oxygen atoms in total. The molecule has 0 saturated heterocycles. The number of nitrogens with one attached hydrogen (secondary N) is 2. The Kier molecular flexibility index (Phi) is 6.27. The lowest BCUT2D eigenvalue weighted by Crippen LogP contribution is -2.30. The molecule has 0 aliphatic heterocycles. The highest BCUT2D eigenvalue weighted by atomic mass is 19.4. The molecule has 0 bridgehead atoms. The van der Waals surface area contributed by atoms with Crippen LogP contribution < -0.4 is 15.4 Å². The Morgan fingerprint density at radius 3 is 2.40 bits per heavy atom. The van der Waals surface area contributed by atoms with Crippen molar-refractivity contribution in [1.82, 2.24) is 5.32 Å². The highest BCUT2D eigenvalue weighted by molar-refractivity contribution is 5.89. The first-order valence-corrected chi connectivity index (χ1v) is 7.77. The van der Waals surface area contributed by atoms with Gasteiger partial charge < -0.3 is 15.4 Å². The number of ether oxygens (including phenoxy) is 1. The Labute approximate surface area is 144 Å². The van der Waals surface area contributed by atoms with Gasteiger partial charge in [0.1, 0.15) is 5.75 Å². The van der Waals surface area contributed by atoms with Gasteiger partial charge >= 0.3 is 12.2 Å². The summed E-state index contributed by atoms with van der Waals surface area (Å²) >= 11 is 0. The normalized spacial score (nSPS) is 11.0. The summed E-state index contributed by atoms with van der Waals surface area (Å²) in [6, 6.07) is 11.4. The van der Waals surface area contributed by atoms with Crippen molar-refractivity contribution in [3.8, 4) is 5.75 Å². The van der Waals surface area contributed by atoms with Crippen molar-refractivity contribution in [2.45, 2.75) is 19.5 Å². The molecule has 0 saturated carbocycles. The summed E-state index contributed by atoms with van der Waals surface area (Å²) in [6.07, 6.45) is -3.79. The van der Waals surface area contributed by atoms with E-state index in [0.717, 1.165) is 23.4 Å². The molecule has 0 unspecified atom stereocenters. The fourth-order valence-corrected chi connectivity index (χ4v) is 2.09. The van der Waals surface area contributed by atoms with E-state index in [4.69, 9.17) is 4.74 Å². The molecule has 2 N–H and O–H groups in total. The third-order valence-corrected chi connectivity index (χ3v) is 3.43. The summed E-state index contributed by atoms with van der Waals surface area (Å²) < 4.78 is 43.0. The number of hydrogen-bond acceptors (Lipinski definition) is 2. The average Bonchev–Trinajstić information content (AvgIpc) is 2.56. The van der Waals surface area contributed by atoms with Crippen LogP contribution in [0.1, 0.15) is 17.5 Å². The Morgan fingerprint density at radius 2 is 1.76 bits per heavy atom. The van der Waals surface area contributed by atoms with Crippen LogP contribution in [0, 0.1) is 6.92 Å². The second-order valence-corrected chi connectivity index (χ2v) is 5.42. The maximum absolute atomic E-state index is 12.5. The minimum atomic E-state index is -4.39. The van der Waals surface area contributed by atoms with Gasteiger partial charge in [-0.3, -0.25) is 0 Å². The third-order valence-electron chi connectivity index (χ3n) is 3.43. The molecule has 2 amide bonds. The zero-order valence-electron chi connectivity index (χ0n) is 13.7. The number of aryl methyl sites for hydroxylation is 1. The number of carbonyl (C=O) groups is 1. The van der Waals surface area contributed by atoms with Crippen LogP contribution in [0.5, 0.6) is 5.75 Å². The maximum Gasteiger partial charge on any atom is 0.416 e. The molecule has 25 heavy (non-hydrogen) atoms. The molecule has 2 aromatic rings. The van der Waals surface area contributed by atoms with E-state index < -0.39 is 17.8 Å². The topological polar surface area (TPSA) is 50.4 Å². The number of amides is 2. The SMILES string of the molecule is Cc1ccccc1OCCCNC(=O)Nc1ccc(C(F)(F)F)cc1. The number of benzene rings is 2. The van der Waals surface area contributed by atoms with E-state index in [1.807, 2.05) is 31.2 Å². The van der Waals surface area contributed by atoms with Crippen LogP contribution in [-0.2, 0) is 6.18 Å². The lowest BCUT2D eigenvalue weighted by Gasteiger charge is -2.11. The maximum atomic E-state index is 12.5. The largest absolute Gasteiger partial charge is 0.493 e. The molecule has 0 fully saturated rings. The molecule has 0 atom stereocenters. The number of alkyl halides is 3. The highest BCUT2D eigenvalue weighted by Crippen LogP contribution is 2.29. The van der Waals surface area contributed by atoms with Crippen LogP contribution in [0.25, 0.3) is 0 Å². The zero-order chi connectivity index (χ0) is 18.3. The number of anilines is 1. The molecule has 134 valence electrons. The van der Waals surface area contributed by atoms with E-state index in [9.17, 15) is 18.0 Å². The van der Waals surface area contributed by atoms with E-state index in [1.165, 1.54) is 12.1 Å². The molecule has 2 rings (SSSR count). The van der Waals surface area contributed by atoms with Crippen molar-refractivity contribution in [3.05, 3.63) is 59.7 Å². The first-order chi connectivity index (χ1) is 11.9. The van der Waals surface area contributed by atoms with Gasteiger partial charge in [0.25, 0.3) is 0 Å². The summed E-state index contributed by atoms with van der Waals surface area (Å²) in [4.78, 5) is 11.7. The molecule has 0 heterocycles. The first kappa shape index (κ1) is 18.6. The fraction of sp³-hybridized carbons (Fsp3) is 0.278. The van der Waals surface area contributed by atoms with Gasteiger partial charge in [0.15, 0.2) is 0 Å². The van der Waals surface area contributed by atoms with Crippen LogP contribution in [0.15, 0.2) is 48.5 Å². The second kappa shape index (κ2) is 8.41. The molecule has 2 aromatic carbocycles. The number of rotatable bonds is 6. The summed E-state index contributed by atoms with van der Waals surface area (Å²) in [6.45, 7) is 2.79. The fourth-order valence-electron chi connectivity index (χ4n) is 2.09. The average molecular weight is 352 g/mol. The van der Waals surface area contributed by atoms with Crippen LogP contribution in [0.4, 0.5) is 23.7 Å². The molecule has 0 spiro atoms. The number of para-hydroxylation sites is 1. The Morgan fingerprint density at radius 1 is 1.08 bits per heavy atom. The van der Waals surface area contributed by atoms with Crippen LogP contribution >= 0.6 is 0 Å². The van der Waals surface area contributed by atoms with Crippen molar-refractivity contribution >= 4 is 11.7 Å². The minimum Gasteiger partial charge on any atom is -0.493 e. The smallest absolute Gasteiger partial charge is 0.416 e. The van der Waals surface area contributed by atoms with E-state index in [2.05, 4.69) is 10.6 Å². The van der Waals surface area contributed by atoms with Crippen molar-refractivity contribution in [2.24, 2.45) is 0 Å². The van der Waals surface area contributed by atoms with E-state index in [1.54, 1.807) is 0 Å². The summed E-state index contributed by atoms with van der Waals surface area (Å²) in [5.74, 6) is 0.803. The summed E-state index contributed by atoms with van der Waals surface area (Å²) in [5.41, 5.74) is 0.573. The Balaban J connectivity index is 1.68. The molecule has 0 aromatic heterocycles. The van der Waals surface area contributed by atoms with Crippen LogP contribution in [0.2, 0.25) is 0 Å². The predicted octanol–water partition coefficient (Wildman–Crippen LogP) is 4.60. The zero-order valence-corrected chi connectivity index (χ0v) is 13.7. The highest BCUT2D eigenvalue weighted by Gasteiger charge is 2.29. The van der Waals surface area contributed by atoms with Gasteiger partial charge in [0.05, 0.1) is 12.2 Å². The minimum absolute atomic E-state index is 0.293. The molecule has 0 aliphatic rings. The van der Waals surface area contributed by atoms with Gasteiger partial charge in [0.2, 0.25) is 0 Å². The molecular formula is C18H19F3N2O2. The Bertz CT molecular complexity index is 700. The molecule has 7 heteroatoms. The lowest BCUT2D eigenvalue weighted by molar-refractivity contribution is -0.137. The van der Waals surface area contributed by atoms with Gasteiger partial charge in [-0.25, -0.2) is 4.79 Å². The number of hydrogen-bond donors (Lipinski definition) is 2. The van der Waals surface area contributed by atoms with Crippen molar-refractivity contribution < 1.29 is 22.7 Å². The first-order valence-electron chi connectivity index (χ1n) is 7.77. The van der Waals surface area contributed by atoms with E-state index >= 15 is 0 Å². The second-order valence-electron chi connectivity index (χ2n) is 5.42. The molecule has 0 aliphatic carbocycles. The van der Waals surface area contributed by atoms with Crippen molar-refractivity contribution in [3.63, 3.8) is 0 Å². The number of urea groups is 1. The number of halogens is 3. The van der Waals surface area contributed by atoms with Gasteiger partial charge in [-0.05, 0) is 49.2 Å². The van der Waals surface area contributed by atoms with Crippen molar-refractivity contribution in [1.29, 1.82) is 0 Å². The van der Waals surface area contributed by atoms with Gasteiger partial charge in [-0.15, -0.1) is 0 Å². The summed E-state index contributed by atoms with van der Waals surface area (Å²) in [5, 5.41) is 5.10. The monoisotopic (exact) mass is 352 g/mol. The predicted molar refractivity (Wildman–Crippen MR) is 89.8 cm³/mol. The summed E-state index contributed by atoms with van der Waals surface area (Å²) in [7, 11) is 0. The van der Waals surface area contributed by atoms with E-state index in [0.29, 0.717) is 25.3 Å². The lowest BCUT2D eigenvalue weighted by atomic mass is 10.2. The van der Waals surface area contributed by atoms with E-state index in [-0.39, 0.29) is 0 Å². The van der Waals surface area contributed by atoms with Crippen molar-refractivity contribution in [2.75, 3.05) is 18.5 Å². The molecular weight excluding hydrogens is 333 g/mol. The van der Waals surface area contributed by atoms with Gasteiger partial charge in [-0.2, -0.15) is 13.2 Å². The third kappa shape index (κ3) is 6.02. The molecule has 0 radical (unpaired) electrons. The van der Waals surface area contributed by atoms with Crippen LogP contribution in [0.3, 0.4) is 0 Å². The van der Waals surface area contributed by atoms with Gasteiger partial charge in [-0.1, -0.05) is 18.2 Å². The van der Waals surface area contributed by atoms with Crippen LogP contribution in [-0.4, -0.2) is 19.2 Å². The quantitative estimate of drug-likeness (QED) is 0.746.